The molecule has 0 heterocycles. The summed E-state index contributed by atoms with van der Waals surface area (Å²) in [6, 6.07) is 0. The van der Waals surface area contributed by atoms with Crippen LogP contribution in [0.5, 0.6) is 0 Å². The third kappa shape index (κ3) is 3.17. The van der Waals surface area contributed by atoms with Crippen molar-refractivity contribution in [2.45, 2.75) is 59.8 Å². The van der Waals surface area contributed by atoms with Gasteiger partial charge in [0, 0.05) is 0 Å². The van der Waals surface area contributed by atoms with Crippen molar-refractivity contribution in [3.63, 3.8) is 0 Å². The molecule has 0 nitrogen and oxygen atoms in total. The first-order chi connectivity index (χ1) is 6.11. The number of hydrogen-bond donors (Lipinski definition) is 0. The molecule has 0 aromatic heterocycles. The van der Waals surface area contributed by atoms with Crippen LogP contribution in [0.2, 0.25) is 0 Å². The van der Waals surface area contributed by atoms with Crippen LogP contribution in [0.3, 0.4) is 0 Å². The van der Waals surface area contributed by atoms with Gasteiger partial charge in [0.1, 0.15) is 0 Å². The SMILES string of the molecule is CC(C)=C1CCCC(C(C)C)CC1. The van der Waals surface area contributed by atoms with Gasteiger partial charge in [-0.3, -0.25) is 0 Å². The third-order valence-electron chi connectivity index (χ3n) is 3.52. The first-order valence-corrected chi connectivity index (χ1v) is 5.76. The van der Waals surface area contributed by atoms with E-state index < -0.39 is 0 Å². The van der Waals surface area contributed by atoms with E-state index in [-0.39, 0.29) is 0 Å². The van der Waals surface area contributed by atoms with E-state index in [0.29, 0.717) is 0 Å². The van der Waals surface area contributed by atoms with E-state index >= 15 is 0 Å². The van der Waals surface area contributed by atoms with Gasteiger partial charge < -0.3 is 0 Å². The minimum atomic E-state index is 0.886. The van der Waals surface area contributed by atoms with Crippen molar-refractivity contribution in [1.29, 1.82) is 0 Å². The maximum absolute atomic E-state index is 2.37. The lowest BCUT2D eigenvalue weighted by molar-refractivity contribution is 0.344. The zero-order valence-electron chi connectivity index (χ0n) is 9.69. The van der Waals surface area contributed by atoms with Crippen molar-refractivity contribution in [3.8, 4) is 0 Å². The van der Waals surface area contributed by atoms with E-state index in [4.69, 9.17) is 0 Å². The Bertz CT molecular complexity index is 182. The van der Waals surface area contributed by atoms with Crippen molar-refractivity contribution >= 4 is 0 Å². The molecule has 1 rings (SSSR count). The third-order valence-corrected chi connectivity index (χ3v) is 3.52. The summed E-state index contributed by atoms with van der Waals surface area (Å²) in [5, 5.41) is 0. The summed E-state index contributed by atoms with van der Waals surface area (Å²) in [7, 11) is 0. The van der Waals surface area contributed by atoms with Crippen molar-refractivity contribution in [2.75, 3.05) is 0 Å². The van der Waals surface area contributed by atoms with Gasteiger partial charge in [0.25, 0.3) is 0 Å². The quantitative estimate of drug-likeness (QED) is 0.410. The fourth-order valence-corrected chi connectivity index (χ4v) is 2.37. The molecule has 1 unspecified atom stereocenters. The van der Waals surface area contributed by atoms with Crippen molar-refractivity contribution in [3.05, 3.63) is 11.1 Å². The molecule has 0 bridgehead atoms. The Kier molecular flexibility index (Phi) is 4.02. The molecule has 0 aliphatic heterocycles. The Morgan fingerprint density at radius 2 is 1.85 bits per heavy atom. The van der Waals surface area contributed by atoms with Gasteiger partial charge in [-0.15, -0.1) is 0 Å². The van der Waals surface area contributed by atoms with Gasteiger partial charge in [0.05, 0.1) is 0 Å². The minimum absolute atomic E-state index is 0.886. The van der Waals surface area contributed by atoms with Crippen molar-refractivity contribution in [1.82, 2.24) is 0 Å². The first kappa shape index (κ1) is 10.8. The molecule has 1 fully saturated rings. The van der Waals surface area contributed by atoms with Crippen LogP contribution in [-0.2, 0) is 0 Å². The highest BCUT2D eigenvalue weighted by atomic mass is 14.2. The number of allylic oxidation sites excluding steroid dienone is 2. The largest absolute Gasteiger partial charge is 0.0772 e. The first-order valence-electron chi connectivity index (χ1n) is 5.76. The standard InChI is InChI=1S/C13H24/c1-10(2)12-6-5-7-13(9-8-12)11(3)4/h10,12H,5-9H2,1-4H3. The minimum Gasteiger partial charge on any atom is -0.0772 e. The zero-order valence-corrected chi connectivity index (χ0v) is 9.69. The maximum Gasteiger partial charge on any atom is -0.0315 e. The average Bonchev–Trinajstić information content (AvgIpc) is 2.27. The Morgan fingerprint density at radius 3 is 2.38 bits per heavy atom. The molecule has 0 radical (unpaired) electrons. The molecule has 0 N–H and O–H groups in total. The molecule has 0 amide bonds. The second kappa shape index (κ2) is 4.83. The normalized spacial score (nSPS) is 24.7. The van der Waals surface area contributed by atoms with Crippen LogP contribution in [-0.4, -0.2) is 0 Å². The molecule has 0 saturated heterocycles. The van der Waals surface area contributed by atoms with Crippen LogP contribution >= 0.6 is 0 Å². The van der Waals surface area contributed by atoms with E-state index in [1.54, 1.807) is 11.1 Å². The molecular weight excluding hydrogens is 156 g/mol. The highest BCUT2D eigenvalue weighted by molar-refractivity contribution is 5.10. The van der Waals surface area contributed by atoms with Crippen LogP contribution < -0.4 is 0 Å². The number of rotatable bonds is 1. The molecule has 1 saturated carbocycles. The molecule has 0 spiro atoms. The average molecular weight is 180 g/mol. The predicted molar refractivity (Wildman–Crippen MR) is 59.8 cm³/mol. The van der Waals surface area contributed by atoms with Gasteiger partial charge in [0.2, 0.25) is 0 Å². The molecular formula is C13H24. The lowest BCUT2D eigenvalue weighted by Crippen LogP contribution is -2.06. The maximum atomic E-state index is 2.37. The zero-order chi connectivity index (χ0) is 9.84. The summed E-state index contributed by atoms with van der Waals surface area (Å²) in [4.78, 5) is 0. The van der Waals surface area contributed by atoms with Crippen LogP contribution in [0.25, 0.3) is 0 Å². The summed E-state index contributed by atoms with van der Waals surface area (Å²) in [6.45, 7) is 9.28. The smallest absolute Gasteiger partial charge is 0.0315 e. The Morgan fingerprint density at radius 1 is 1.15 bits per heavy atom. The van der Waals surface area contributed by atoms with Gasteiger partial charge in [-0.2, -0.15) is 0 Å². The van der Waals surface area contributed by atoms with Crippen LogP contribution in [0, 0.1) is 11.8 Å². The molecule has 76 valence electrons. The molecule has 13 heavy (non-hydrogen) atoms. The molecule has 0 aromatic carbocycles. The topological polar surface area (TPSA) is 0 Å². The lowest BCUT2D eigenvalue weighted by Gasteiger charge is -2.17. The second-order valence-electron chi connectivity index (χ2n) is 5.04. The van der Waals surface area contributed by atoms with Crippen molar-refractivity contribution in [2.24, 2.45) is 11.8 Å². The van der Waals surface area contributed by atoms with Crippen LogP contribution in [0.1, 0.15) is 59.8 Å². The Balaban J connectivity index is 2.54. The highest BCUT2D eigenvalue weighted by Gasteiger charge is 2.17. The molecule has 1 aliphatic carbocycles. The summed E-state index contributed by atoms with van der Waals surface area (Å²) in [5.41, 5.74) is 3.31. The Labute approximate surface area is 83.4 Å². The van der Waals surface area contributed by atoms with E-state index in [1.807, 2.05) is 0 Å². The second-order valence-corrected chi connectivity index (χ2v) is 5.04. The summed E-state index contributed by atoms with van der Waals surface area (Å²) < 4.78 is 0. The summed E-state index contributed by atoms with van der Waals surface area (Å²) in [5.74, 6) is 1.87. The molecule has 1 atom stereocenters. The molecule has 0 heteroatoms. The number of hydrogen-bond acceptors (Lipinski definition) is 0. The molecule has 0 aromatic rings. The van der Waals surface area contributed by atoms with Gasteiger partial charge in [0.15, 0.2) is 0 Å². The van der Waals surface area contributed by atoms with Gasteiger partial charge >= 0.3 is 0 Å². The van der Waals surface area contributed by atoms with Gasteiger partial charge in [-0.05, 0) is 57.8 Å². The van der Waals surface area contributed by atoms with Gasteiger partial charge in [-0.25, -0.2) is 0 Å². The van der Waals surface area contributed by atoms with Crippen LogP contribution in [0.15, 0.2) is 11.1 Å². The highest BCUT2D eigenvalue weighted by Crippen LogP contribution is 2.32. The fraction of sp³-hybridized carbons (Fsp3) is 0.846. The summed E-state index contributed by atoms with van der Waals surface area (Å²) >= 11 is 0. The fourth-order valence-electron chi connectivity index (χ4n) is 2.37. The van der Waals surface area contributed by atoms with E-state index in [9.17, 15) is 0 Å². The van der Waals surface area contributed by atoms with E-state index in [1.165, 1.54) is 32.1 Å². The van der Waals surface area contributed by atoms with Crippen molar-refractivity contribution < 1.29 is 0 Å². The lowest BCUT2D eigenvalue weighted by atomic mass is 9.89. The summed E-state index contributed by atoms with van der Waals surface area (Å²) in [6.07, 6.45) is 7.03. The van der Waals surface area contributed by atoms with E-state index in [0.717, 1.165) is 11.8 Å². The Hall–Kier alpha value is -0.260. The van der Waals surface area contributed by atoms with Gasteiger partial charge in [-0.1, -0.05) is 25.0 Å². The van der Waals surface area contributed by atoms with E-state index in [2.05, 4.69) is 27.7 Å². The monoisotopic (exact) mass is 180 g/mol. The molecule has 1 aliphatic rings. The van der Waals surface area contributed by atoms with Crippen LogP contribution in [0.4, 0.5) is 0 Å². The predicted octanol–water partition coefficient (Wildman–Crippen LogP) is 4.56.